The smallest absolute Gasteiger partial charge is 0.341 e. The molecule has 8 heteroatoms. The van der Waals surface area contributed by atoms with E-state index in [4.69, 9.17) is 4.74 Å². The van der Waals surface area contributed by atoms with E-state index >= 15 is 0 Å². The summed E-state index contributed by atoms with van der Waals surface area (Å²) in [6.07, 6.45) is 4.95. The van der Waals surface area contributed by atoms with Gasteiger partial charge in [-0.25, -0.2) is 4.79 Å². The maximum atomic E-state index is 12.7. The van der Waals surface area contributed by atoms with Gasteiger partial charge in [-0.3, -0.25) is 4.79 Å². The Balaban J connectivity index is 1.94. The molecule has 0 unspecified atom stereocenters. The number of fused-ring (bicyclic) bond motifs is 1. The van der Waals surface area contributed by atoms with Crippen LogP contribution in [0.25, 0.3) is 6.08 Å². The molecule has 0 spiro atoms. The van der Waals surface area contributed by atoms with Crippen LogP contribution in [0, 0.1) is 11.3 Å². The van der Waals surface area contributed by atoms with E-state index in [9.17, 15) is 20.0 Å². The number of esters is 1. The average Bonchev–Trinajstić information content (AvgIpc) is 3.06. The molecule has 1 aromatic carbocycles. The molecule has 6 nitrogen and oxygen atoms in total. The predicted octanol–water partition coefficient (Wildman–Crippen LogP) is 4.82. The number of thiophene rings is 1. The van der Waals surface area contributed by atoms with Gasteiger partial charge in [0.25, 0.3) is 5.91 Å². The molecule has 150 valence electrons. The van der Waals surface area contributed by atoms with E-state index in [0.717, 1.165) is 36.1 Å². The lowest BCUT2D eigenvalue weighted by atomic mass is 9.95. The lowest BCUT2D eigenvalue weighted by molar-refractivity contribution is -0.112. The number of nitrogens with one attached hydrogen (secondary N) is 1. The van der Waals surface area contributed by atoms with Crippen LogP contribution in [-0.2, 0) is 22.4 Å². The molecule has 0 atom stereocenters. The summed E-state index contributed by atoms with van der Waals surface area (Å²) >= 11 is 4.66. The van der Waals surface area contributed by atoms with Gasteiger partial charge in [-0.2, -0.15) is 5.26 Å². The number of hydrogen-bond donors (Lipinski definition) is 2. The summed E-state index contributed by atoms with van der Waals surface area (Å²) in [5.74, 6) is -1.15. The van der Waals surface area contributed by atoms with Gasteiger partial charge in [0.1, 0.15) is 22.4 Å². The molecule has 0 radical (unpaired) electrons. The van der Waals surface area contributed by atoms with Crippen molar-refractivity contribution in [3.8, 4) is 11.8 Å². The third kappa shape index (κ3) is 4.69. The summed E-state index contributed by atoms with van der Waals surface area (Å²) in [7, 11) is 0. The number of phenolic OH excluding ortho intramolecular Hbond substituents is 1. The standard InChI is InChI=1S/C21H19BrN2O4S/c1-2-28-21(27)18-15-5-3-4-6-17(15)29-20(18)24-19(26)13(11-23)9-12-10-14(22)7-8-16(12)25/h7-10,25H,2-6H2,1H3,(H,24,26)/b13-9+. The van der Waals surface area contributed by atoms with Crippen LogP contribution in [0.4, 0.5) is 5.00 Å². The minimum Gasteiger partial charge on any atom is -0.507 e. The number of nitriles is 1. The molecule has 0 saturated carbocycles. The number of phenols is 1. The molecular formula is C21H19BrN2O4S. The van der Waals surface area contributed by atoms with Crippen molar-refractivity contribution in [2.75, 3.05) is 11.9 Å². The molecule has 1 aliphatic rings. The Kier molecular flexibility index (Phi) is 6.72. The summed E-state index contributed by atoms with van der Waals surface area (Å²) in [5.41, 5.74) is 1.48. The van der Waals surface area contributed by atoms with Crippen LogP contribution in [0.3, 0.4) is 0 Å². The number of carbonyl (C=O) groups is 2. The number of anilines is 1. The molecule has 1 heterocycles. The Bertz CT molecular complexity index is 1040. The van der Waals surface area contributed by atoms with Crippen molar-refractivity contribution in [3.63, 3.8) is 0 Å². The van der Waals surface area contributed by atoms with E-state index < -0.39 is 11.9 Å². The minimum atomic E-state index is -0.643. The molecular weight excluding hydrogens is 456 g/mol. The summed E-state index contributed by atoms with van der Waals surface area (Å²) in [4.78, 5) is 26.3. The van der Waals surface area contributed by atoms with Crippen LogP contribution >= 0.6 is 27.3 Å². The zero-order valence-corrected chi connectivity index (χ0v) is 18.2. The lowest BCUT2D eigenvalue weighted by Crippen LogP contribution is -2.16. The maximum Gasteiger partial charge on any atom is 0.341 e. The second-order valence-electron chi connectivity index (χ2n) is 6.46. The first kappa shape index (κ1) is 21.1. The van der Waals surface area contributed by atoms with Gasteiger partial charge in [0.15, 0.2) is 0 Å². The second kappa shape index (κ2) is 9.25. The van der Waals surface area contributed by atoms with Crippen molar-refractivity contribution >= 4 is 50.2 Å². The number of hydrogen-bond acceptors (Lipinski definition) is 6. The monoisotopic (exact) mass is 474 g/mol. The summed E-state index contributed by atoms with van der Waals surface area (Å²) in [6.45, 7) is 1.97. The van der Waals surface area contributed by atoms with Gasteiger partial charge in [0.05, 0.1) is 12.2 Å². The highest BCUT2D eigenvalue weighted by Gasteiger charge is 2.27. The number of benzene rings is 1. The third-order valence-corrected chi connectivity index (χ3v) is 6.23. The van der Waals surface area contributed by atoms with Gasteiger partial charge in [-0.1, -0.05) is 15.9 Å². The van der Waals surface area contributed by atoms with Crippen LogP contribution in [0.5, 0.6) is 5.75 Å². The number of nitrogens with zero attached hydrogens (tertiary/aromatic N) is 1. The van der Waals surface area contributed by atoms with E-state index in [-0.39, 0.29) is 17.9 Å². The van der Waals surface area contributed by atoms with E-state index in [0.29, 0.717) is 20.6 Å². The molecule has 29 heavy (non-hydrogen) atoms. The van der Waals surface area contributed by atoms with Gasteiger partial charge in [-0.15, -0.1) is 11.3 Å². The van der Waals surface area contributed by atoms with E-state index in [1.807, 2.05) is 6.07 Å². The molecule has 3 rings (SSSR count). The van der Waals surface area contributed by atoms with Crippen molar-refractivity contribution in [2.45, 2.75) is 32.6 Å². The number of amides is 1. The number of aromatic hydroxyl groups is 1. The Morgan fingerprint density at radius 1 is 1.38 bits per heavy atom. The van der Waals surface area contributed by atoms with Crippen molar-refractivity contribution in [1.82, 2.24) is 0 Å². The van der Waals surface area contributed by atoms with Crippen molar-refractivity contribution in [2.24, 2.45) is 0 Å². The molecule has 0 fully saturated rings. The number of aryl methyl sites for hydroxylation is 1. The zero-order chi connectivity index (χ0) is 21.0. The fourth-order valence-corrected chi connectivity index (χ4v) is 4.84. The molecule has 2 aromatic rings. The van der Waals surface area contributed by atoms with Gasteiger partial charge in [0.2, 0.25) is 0 Å². The summed E-state index contributed by atoms with van der Waals surface area (Å²) in [5, 5.41) is 22.5. The Labute approximate surface area is 180 Å². The summed E-state index contributed by atoms with van der Waals surface area (Å²) in [6, 6.07) is 6.59. The number of rotatable bonds is 5. The number of ether oxygens (including phenoxy) is 1. The van der Waals surface area contributed by atoms with E-state index in [2.05, 4.69) is 21.2 Å². The van der Waals surface area contributed by atoms with Crippen LogP contribution in [0.2, 0.25) is 0 Å². The summed E-state index contributed by atoms with van der Waals surface area (Å²) < 4.78 is 5.89. The first-order valence-electron chi connectivity index (χ1n) is 9.18. The topological polar surface area (TPSA) is 99.4 Å². The molecule has 1 amide bonds. The molecule has 0 aliphatic heterocycles. The quantitative estimate of drug-likeness (QED) is 0.367. The van der Waals surface area contributed by atoms with Crippen molar-refractivity contribution < 1.29 is 19.4 Å². The zero-order valence-electron chi connectivity index (χ0n) is 15.8. The van der Waals surface area contributed by atoms with E-state index in [1.165, 1.54) is 23.5 Å². The Morgan fingerprint density at radius 2 is 2.14 bits per heavy atom. The first-order chi connectivity index (χ1) is 13.9. The van der Waals surface area contributed by atoms with Crippen molar-refractivity contribution in [1.29, 1.82) is 5.26 Å². The van der Waals surface area contributed by atoms with Crippen molar-refractivity contribution in [3.05, 3.63) is 49.8 Å². The second-order valence-corrected chi connectivity index (χ2v) is 8.48. The van der Waals surface area contributed by atoms with Gasteiger partial charge in [0, 0.05) is 14.9 Å². The number of carbonyl (C=O) groups excluding carboxylic acids is 2. The maximum absolute atomic E-state index is 12.7. The highest BCUT2D eigenvalue weighted by molar-refractivity contribution is 9.10. The van der Waals surface area contributed by atoms with Crippen LogP contribution in [-0.4, -0.2) is 23.6 Å². The van der Waals surface area contributed by atoms with Crippen LogP contribution < -0.4 is 5.32 Å². The fraction of sp³-hybridized carbons (Fsp3) is 0.286. The highest BCUT2D eigenvalue weighted by Crippen LogP contribution is 2.39. The largest absolute Gasteiger partial charge is 0.507 e. The first-order valence-corrected chi connectivity index (χ1v) is 10.8. The SMILES string of the molecule is CCOC(=O)c1c(NC(=O)/C(C#N)=C/c2cc(Br)ccc2O)sc2c1CCCC2. The lowest BCUT2D eigenvalue weighted by Gasteiger charge is -2.12. The number of halogens is 1. The van der Waals surface area contributed by atoms with Gasteiger partial charge in [-0.05, 0) is 62.4 Å². The molecule has 0 bridgehead atoms. The van der Waals surface area contributed by atoms with Crippen LogP contribution in [0.15, 0.2) is 28.2 Å². The average molecular weight is 475 g/mol. The minimum absolute atomic E-state index is 0.0486. The Morgan fingerprint density at radius 3 is 2.86 bits per heavy atom. The van der Waals surface area contributed by atoms with Crippen LogP contribution in [0.1, 0.15) is 46.1 Å². The third-order valence-electron chi connectivity index (χ3n) is 4.53. The predicted molar refractivity (Wildman–Crippen MR) is 115 cm³/mol. The molecule has 1 aliphatic carbocycles. The normalized spacial score (nSPS) is 13.3. The van der Waals surface area contributed by atoms with Gasteiger partial charge >= 0.3 is 5.97 Å². The van der Waals surface area contributed by atoms with E-state index in [1.54, 1.807) is 19.1 Å². The highest BCUT2D eigenvalue weighted by atomic mass is 79.9. The Hall–Kier alpha value is -2.63. The van der Waals surface area contributed by atoms with Gasteiger partial charge < -0.3 is 15.2 Å². The fourth-order valence-electron chi connectivity index (χ4n) is 3.19. The molecule has 1 aromatic heterocycles. The molecule has 2 N–H and O–H groups in total. The molecule has 0 saturated heterocycles.